The first-order valence-electron chi connectivity index (χ1n) is 8.61. The number of benzene rings is 1. The van der Waals surface area contributed by atoms with Gasteiger partial charge in [-0.25, -0.2) is 0 Å². The number of hydrogen-bond acceptors (Lipinski definition) is 2. The van der Waals surface area contributed by atoms with Gasteiger partial charge in [0, 0.05) is 35.6 Å². The van der Waals surface area contributed by atoms with Crippen molar-refractivity contribution in [1.82, 2.24) is 4.98 Å². The molecule has 4 bridgehead atoms. The number of hydroxylamine groups is 3. The maximum Gasteiger partial charge on any atom is 0.131 e. The first kappa shape index (κ1) is 13.8. The molecule has 4 nitrogen and oxygen atoms in total. The molecule has 6 rings (SSSR count). The summed E-state index contributed by atoms with van der Waals surface area (Å²) >= 11 is 0. The maximum atomic E-state index is 13.8. The smallest absolute Gasteiger partial charge is 0.131 e. The Morgan fingerprint density at radius 1 is 1.39 bits per heavy atom. The van der Waals surface area contributed by atoms with Crippen LogP contribution in [0, 0.1) is 17.0 Å². The predicted octanol–water partition coefficient (Wildman–Crippen LogP) is 3.04. The maximum absolute atomic E-state index is 13.8. The number of aromatic amines is 1. The minimum Gasteiger partial charge on any atom is -0.632 e. The molecule has 2 aromatic rings. The van der Waals surface area contributed by atoms with Crippen LogP contribution in [-0.2, 0) is 6.42 Å². The summed E-state index contributed by atoms with van der Waals surface area (Å²) in [7, 11) is 0. The summed E-state index contributed by atoms with van der Waals surface area (Å²) in [6, 6.07) is 8.36. The molecular formula is C19H22N2O2. The largest absolute Gasteiger partial charge is 0.632 e. The fraction of sp³-hybridized carbons (Fsp3) is 0.474. The van der Waals surface area contributed by atoms with Crippen molar-refractivity contribution in [1.29, 1.82) is 0 Å². The number of nitrogens with zero attached hydrogens (tertiary/aromatic N) is 1. The van der Waals surface area contributed by atoms with Crippen LogP contribution in [-0.4, -0.2) is 33.9 Å². The summed E-state index contributed by atoms with van der Waals surface area (Å²) in [5.41, 5.74) is 4.88. The number of fused-ring (bicyclic) bond motifs is 4. The first-order chi connectivity index (χ1) is 11.2. The van der Waals surface area contributed by atoms with Gasteiger partial charge in [-0.1, -0.05) is 24.3 Å². The molecule has 120 valence electrons. The van der Waals surface area contributed by atoms with Gasteiger partial charge in [-0.2, -0.15) is 0 Å². The molecule has 23 heavy (non-hydrogen) atoms. The number of H-pyrrole nitrogens is 1. The molecule has 0 aliphatic carbocycles. The quantitative estimate of drug-likeness (QED) is 0.483. The molecular weight excluding hydrogens is 288 g/mol. The zero-order valence-electron chi connectivity index (χ0n) is 13.3. The monoisotopic (exact) mass is 310 g/mol. The number of piperidine rings is 3. The normalized spacial score (nSPS) is 39.9. The Hall–Kier alpha value is -1.62. The van der Waals surface area contributed by atoms with Crippen LogP contribution in [0.1, 0.15) is 30.6 Å². The number of quaternary nitrogens is 1. The van der Waals surface area contributed by atoms with Gasteiger partial charge in [-0.15, -0.1) is 0 Å². The van der Waals surface area contributed by atoms with Crippen molar-refractivity contribution in [3.63, 3.8) is 0 Å². The first-order valence-corrected chi connectivity index (χ1v) is 8.61. The lowest BCUT2D eigenvalue weighted by Crippen LogP contribution is -2.69. The van der Waals surface area contributed by atoms with Gasteiger partial charge in [0.25, 0.3) is 0 Å². The molecule has 0 saturated carbocycles. The highest BCUT2D eigenvalue weighted by atomic mass is 16.6. The van der Waals surface area contributed by atoms with Crippen LogP contribution in [0.15, 0.2) is 35.9 Å². The van der Waals surface area contributed by atoms with Crippen molar-refractivity contribution in [2.45, 2.75) is 31.8 Å². The number of para-hydroxylation sites is 1. The van der Waals surface area contributed by atoms with Gasteiger partial charge in [0.15, 0.2) is 0 Å². The summed E-state index contributed by atoms with van der Waals surface area (Å²) < 4.78 is -0.165. The topological polar surface area (TPSA) is 59.1 Å². The molecule has 2 N–H and O–H groups in total. The number of aliphatic hydroxyl groups is 1. The number of hydrogen-bond donors (Lipinski definition) is 2. The molecule has 5 atom stereocenters. The van der Waals surface area contributed by atoms with E-state index in [4.69, 9.17) is 0 Å². The van der Waals surface area contributed by atoms with Gasteiger partial charge in [-0.3, -0.25) is 0 Å². The Kier molecular flexibility index (Phi) is 2.68. The number of rotatable bonds is 1. The summed E-state index contributed by atoms with van der Waals surface area (Å²) in [5, 5.41) is 25.1. The Morgan fingerprint density at radius 3 is 3.00 bits per heavy atom. The molecule has 4 heteroatoms. The number of allylic oxidation sites excluding steroid dienone is 1. The van der Waals surface area contributed by atoms with Crippen molar-refractivity contribution in [2.75, 3.05) is 13.2 Å². The predicted molar refractivity (Wildman–Crippen MR) is 89.5 cm³/mol. The third-order valence-electron chi connectivity index (χ3n) is 6.66. The lowest BCUT2D eigenvalue weighted by atomic mass is 9.63. The van der Waals surface area contributed by atoms with Crippen molar-refractivity contribution in [3.05, 3.63) is 52.4 Å². The van der Waals surface area contributed by atoms with Crippen LogP contribution in [0.25, 0.3) is 10.9 Å². The lowest BCUT2D eigenvalue weighted by Gasteiger charge is -2.67. The molecule has 0 unspecified atom stereocenters. The van der Waals surface area contributed by atoms with Gasteiger partial charge in [0.2, 0.25) is 0 Å². The van der Waals surface area contributed by atoms with Gasteiger partial charge < -0.3 is 19.9 Å². The molecule has 1 aromatic carbocycles. The van der Waals surface area contributed by atoms with E-state index in [9.17, 15) is 10.3 Å². The van der Waals surface area contributed by atoms with Gasteiger partial charge in [-0.05, 0) is 24.1 Å². The minimum atomic E-state index is -0.165. The summed E-state index contributed by atoms with van der Waals surface area (Å²) in [4.78, 5) is 3.55. The van der Waals surface area contributed by atoms with E-state index in [0.717, 1.165) is 24.1 Å². The highest BCUT2D eigenvalue weighted by Gasteiger charge is 2.59. The van der Waals surface area contributed by atoms with Crippen molar-refractivity contribution in [3.8, 4) is 0 Å². The average Bonchev–Trinajstić information content (AvgIpc) is 2.92. The zero-order chi connectivity index (χ0) is 15.8. The van der Waals surface area contributed by atoms with E-state index in [1.165, 1.54) is 16.5 Å². The minimum absolute atomic E-state index is 0.000781. The molecule has 0 amide bonds. The molecule has 1 aromatic heterocycles. The molecule has 0 radical (unpaired) electrons. The third-order valence-corrected chi connectivity index (χ3v) is 6.66. The van der Waals surface area contributed by atoms with Crippen LogP contribution in [0.3, 0.4) is 0 Å². The highest BCUT2D eigenvalue weighted by Crippen LogP contribution is 2.58. The fourth-order valence-electron chi connectivity index (χ4n) is 5.60. The second-order valence-electron chi connectivity index (χ2n) is 7.41. The molecule has 0 spiro atoms. The number of aliphatic hydroxyl groups excluding tert-OH is 1. The SMILES string of the molecule is C/C=C1\C[N@@+]2([O-])[C@H]3C[C@@H]1[C@@H](CO)[C@@H]2Cc1c3[nH]c2ccccc12. The highest BCUT2D eigenvalue weighted by molar-refractivity contribution is 5.85. The molecule has 4 aliphatic heterocycles. The van der Waals surface area contributed by atoms with E-state index >= 15 is 0 Å². The lowest BCUT2D eigenvalue weighted by molar-refractivity contribution is -0.952. The summed E-state index contributed by atoms with van der Waals surface area (Å²) in [5.74, 6) is 0.471. The third kappa shape index (κ3) is 1.56. The molecule has 5 heterocycles. The summed E-state index contributed by atoms with van der Waals surface area (Å²) in [6.07, 6.45) is 3.77. The van der Waals surface area contributed by atoms with E-state index < -0.39 is 0 Å². The Balaban J connectivity index is 1.73. The fourth-order valence-corrected chi connectivity index (χ4v) is 5.60. The van der Waals surface area contributed by atoms with Crippen molar-refractivity contribution < 1.29 is 9.75 Å². The average molecular weight is 310 g/mol. The standard InChI is InChI=1S/C19H22N2O2/c1-2-11-9-21(23)17-8-14-12-5-3-4-6-16(12)20-19(14)18(21)7-13(11)15(17)10-22/h2-6,13,15,17-18,20,22H,7-10H2,1H3/b11-2+/t13-,15+,17-,18-,21-/m0/s1. The van der Waals surface area contributed by atoms with E-state index in [1.54, 1.807) is 0 Å². The van der Waals surface area contributed by atoms with E-state index in [1.807, 2.05) is 13.0 Å². The van der Waals surface area contributed by atoms with Gasteiger partial charge in [0.05, 0.1) is 18.3 Å². The molecule has 3 saturated heterocycles. The number of aromatic nitrogens is 1. The van der Waals surface area contributed by atoms with Crippen LogP contribution in [0.4, 0.5) is 0 Å². The molecule has 3 fully saturated rings. The van der Waals surface area contributed by atoms with E-state index in [0.29, 0.717) is 12.5 Å². The van der Waals surface area contributed by atoms with Crippen molar-refractivity contribution in [2.24, 2.45) is 11.8 Å². The second kappa shape index (κ2) is 4.47. The van der Waals surface area contributed by atoms with Gasteiger partial charge in [0.1, 0.15) is 12.6 Å². The van der Waals surface area contributed by atoms with Crippen LogP contribution in [0.2, 0.25) is 0 Å². The Bertz CT molecular complexity index is 824. The van der Waals surface area contributed by atoms with Crippen molar-refractivity contribution >= 4 is 10.9 Å². The van der Waals surface area contributed by atoms with Gasteiger partial charge >= 0.3 is 0 Å². The molecule has 4 aliphatic rings. The zero-order valence-corrected chi connectivity index (χ0v) is 13.3. The van der Waals surface area contributed by atoms with Crippen LogP contribution >= 0.6 is 0 Å². The Morgan fingerprint density at radius 2 is 2.22 bits per heavy atom. The van der Waals surface area contributed by atoms with E-state index in [2.05, 4.69) is 29.3 Å². The summed E-state index contributed by atoms with van der Waals surface area (Å²) in [6.45, 7) is 2.75. The Labute approximate surface area is 135 Å². The number of nitrogens with one attached hydrogen (secondary N) is 1. The van der Waals surface area contributed by atoms with Crippen LogP contribution in [0.5, 0.6) is 0 Å². The van der Waals surface area contributed by atoms with E-state index in [-0.39, 0.29) is 29.3 Å². The van der Waals surface area contributed by atoms with Crippen LogP contribution < -0.4 is 0 Å². The second-order valence-corrected chi connectivity index (χ2v) is 7.41.